The van der Waals surface area contributed by atoms with E-state index in [1.54, 1.807) is 7.11 Å². The molecule has 3 N–H and O–H groups in total. The Balaban J connectivity index is 1.47. The Morgan fingerprint density at radius 3 is 2.75 bits per heavy atom. The third-order valence-corrected chi connectivity index (χ3v) is 9.19. The summed E-state index contributed by atoms with van der Waals surface area (Å²) >= 11 is 1.82. The highest BCUT2D eigenvalue weighted by atomic mass is 32.2. The number of nitrogens with zero attached hydrogens (tertiary/aromatic N) is 3. The summed E-state index contributed by atoms with van der Waals surface area (Å²) in [6.07, 6.45) is 6.60. The summed E-state index contributed by atoms with van der Waals surface area (Å²) in [7, 11) is 5.94. The number of nitrogens with one attached hydrogen (secondary N) is 3. The van der Waals surface area contributed by atoms with Gasteiger partial charge in [0.15, 0.2) is 5.96 Å². The number of carbonyl (C=O) groups is 1. The highest BCUT2D eigenvalue weighted by Gasteiger charge is 2.37. The number of guanidine groups is 1. The lowest BCUT2D eigenvalue weighted by atomic mass is 9.96. The van der Waals surface area contributed by atoms with Crippen molar-refractivity contribution in [3.8, 4) is 5.75 Å². The minimum atomic E-state index is -0.250. The van der Waals surface area contributed by atoms with Crippen molar-refractivity contribution < 1.29 is 9.53 Å². The van der Waals surface area contributed by atoms with Crippen LogP contribution in [0.5, 0.6) is 5.75 Å². The standard InChI is InChI=1S/C31H40N6O2S/c1-6-20-9-8-10-21(17-20)29-30-23(13-16-40-30)33-31(35-29)34-25-18-24(32-28(38)7-2)26(19-27(25)39-5)37-14-11-22(12-15-37)36(3)4/h7-10,13,16-19,22-23,29-30H,2,6,11-12,14-15H2,1,3-5H3,(H,32,38)(H2,33,34,35). The monoisotopic (exact) mass is 560 g/mol. The molecule has 1 fully saturated rings. The van der Waals surface area contributed by atoms with Gasteiger partial charge in [-0.3, -0.25) is 4.79 Å². The molecule has 3 unspecified atom stereocenters. The molecule has 2 aromatic carbocycles. The van der Waals surface area contributed by atoms with Crippen LogP contribution in [0.4, 0.5) is 17.1 Å². The topological polar surface area (TPSA) is 81.2 Å². The van der Waals surface area contributed by atoms with Crippen molar-refractivity contribution >= 4 is 40.7 Å². The molecule has 3 heterocycles. The summed E-state index contributed by atoms with van der Waals surface area (Å²) < 4.78 is 5.86. The zero-order valence-corrected chi connectivity index (χ0v) is 24.6. The van der Waals surface area contributed by atoms with E-state index in [0.717, 1.165) is 43.7 Å². The van der Waals surface area contributed by atoms with Gasteiger partial charge in [0.2, 0.25) is 5.91 Å². The largest absolute Gasteiger partial charge is 0.494 e. The number of fused-ring (bicyclic) bond motifs is 1. The maximum Gasteiger partial charge on any atom is 0.247 e. The average molecular weight is 561 g/mol. The van der Waals surface area contributed by atoms with Crippen molar-refractivity contribution in [1.29, 1.82) is 0 Å². The number of anilines is 3. The molecular weight excluding hydrogens is 520 g/mol. The van der Waals surface area contributed by atoms with Gasteiger partial charge >= 0.3 is 0 Å². The van der Waals surface area contributed by atoms with Gasteiger partial charge in [-0.2, -0.15) is 0 Å². The molecule has 0 aliphatic carbocycles. The number of methoxy groups -OCH3 is 1. The Hall–Kier alpha value is -3.43. The van der Waals surface area contributed by atoms with E-state index in [9.17, 15) is 4.79 Å². The van der Waals surface area contributed by atoms with Gasteiger partial charge in [-0.05, 0) is 62.0 Å². The number of aliphatic imine (C=N–C) groups is 1. The number of amides is 1. The number of piperidine rings is 1. The van der Waals surface area contributed by atoms with Crippen LogP contribution in [0.15, 0.2) is 65.5 Å². The fraction of sp³-hybridized carbons (Fsp3) is 0.419. The Labute approximate surface area is 241 Å². The number of benzene rings is 2. The van der Waals surface area contributed by atoms with Crippen molar-refractivity contribution in [2.24, 2.45) is 4.99 Å². The zero-order chi connectivity index (χ0) is 28.2. The van der Waals surface area contributed by atoms with E-state index in [0.29, 0.717) is 23.4 Å². The Kier molecular flexibility index (Phi) is 8.71. The SMILES string of the molecule is C=CC(=O)Nc1cc(NC2=NC(c3cccc(CC)c3)C3SC=CC3N2)c(OC)cc1N1CCC(N(C)C)CC1. The van der Waals surface area contributed by atoms with Gasteiger partial charge in [-0.25, -0.2) is 4.99 Å². The smallest absolute Gasteiger partial charge is 0.247 e. The van der Waals surface area contributed by atoms with Gasteiger partial charge in [0.25, 0.3) is 0 Å². The first kappa shape index (κ1) is 28.1. The quantitative estimate of drug-likeness (QED) is 0.391. The number of ether oxygens (including phenoxy) is 1. The van der Waals surface area contributed by atoms with E-state index in [1.807, 2.05) is 23.9 Å². The normalized spacial score (nSPS) is 22.4. The minimum Gasteiger partial charge on any atom is -0.494 e. The van der Waals surface area contributed by atoms with Crippen LogP contribution in [0.25, 0.3) is 0 Å². The molecule has 5 rings (SSSR count). The molecule has 0 spiro atoms. The fourth-order valence-electron chi connectivity index (χ4n) is 5.69. The van der Waals surface area contributed by atoms with E-state index < -0.39 is 0 Å². The van der Waals surface area contributed by atoms with E-state index >= 15 is 0 Å². The summed E-state index contributed by atoms with van der Waals surface area (Å²) in [6, 6.07) is 13.4. The predicted molar refractivity (Wildman–Crippen MR) is 168 cm³/mol. The first-order valence-corrected chi connectivity index (χ1v) is 14.9. The third-order valence-electron chi connectivity index (χ3n) is 8.01. The molecule has 3 aliphatic heterocycles. The Bertz CT molecular complexity index is 1300. The summed E-state index contributed by atoms with van der Waals surface area (Å²) in [5.74, 6) is 1.12. The lowest BCUT2D eigenvalue weighted by Crippen LogP contribution is -2.48. The van der Waals surface area contributed by atoms with Gasteiger partial charge < -0.3 is 30.5 Å². The molecule has 0 bridgehead atoms. The molecule has 0 aromatic heterocycles. The van der Waals surface area contributed by atoms with Crippen LogP contribution in [0.3, 0.4) is 0 Å². The second kappa shape index (κ2) is 12.4. The summed E-state index contributed by atoms with van der Waals surface area (Å²) in [4.78, 5) is 22.2. The lowest BCUT2D eigenvalue weighted by Gasteiger charge is -2.37. The van der Waals surface area contributed by atoms with E-state index in [2.05, 4.69) is 89.1 Å². The third kappa shape index (κ3) is 6.00. The number of thioether (sulfide) groups is 1. The number of carbonyl (C=O) groups excluding carboxylic acids is 1. The van der Waals surface area contributed by atoms with Crippen molar-refractivity contribution in [3.63, 3.8) is 0 Å². The second-order valence-corrected chi connectivity index (χ2v) is 11.8. The molecular formula is C31H40N6O2S. The van der Waals surface area contributed by atoms with Crippen LogP contribution in [0, 0.1) is 0 Å². The van der Waals surface area contributed by atoms with Gasteiger partial charge in [0.05, 0.1) is 41.5 Å². The molecule has 2 aromatic rings. The van der Waals surface area contributed by atoms with Crippen LogP contribution in [-0.2, 0) is 11.2 Å². The van der Waals surface area contributed by atoms with Crippen LogP contribution in [-0.4, -0.2) is 68.4 Å². The maximum absolute atomic E-state index is 12.4. The first-order valence-electron chi connectivity index (χ1n) is 14.0. The lowest BCUT2D eigenvalue weighted by molar-refractivity contribution is -0.111. The molecule has 212 valence electrons. The molecule has 0 radical (unpaired) electrons. The van der Waals surface area contributed by atoms with Gasteiger partial charge in [0, 0.05) is 25.2 Å². The molecule has 3 atom stereocenters. The molecule has 3 aliphatic rings. The first-order chi connectivity index (χ1) is 19.4. The van der Waals surface area contributed by atoms with E-state index in [4.69, 9.17) is 9.73 Å². The van der Waals surface area contributed by atoms with Crippen LogP contribution in [0.1, 0.15) is 36.9 Å². The molecule has 40 heavy (non-hydrogen) atoms. The second-order valence-electron chi connectivity index (χ2n) is 10.7. The average Bonchev–Trinajstić information content (AvgIpc) is 3.45. The summed E-state index contributed by atoms with van der Waals surface area (Å²) in [5, 5.41) is 12.5. The zero-order valence-electron chi connectivity index (χ0n) is 23.8. The summed E-state index contributed by atoms with van der Waals surface area (Å²) in [6.45, 7) is 7.62. The Morgan fingerprint density at radius 1 is 1.25 bits per heavy atom. The van der Waals surface area contributed by atoms with Crippen LogP contribution < -0.4 is 25.6 Å². The van der Waals surface area contributed by atoms with Crippen molar-refractivity contribution in [2.75, 3.05) is 49.8 Å². The van der Waals surface area contributed by atoms with Gasteiger partial charge in [-0.1, -0.05) is 43.8 Å². The maximum atomic E-state index is 12.4. The number of aryl methyl sites for hydroxylation is 1. The van der Waals surface area contributed by atoms with E-state index in [-0.39, 0.29) is 23.2 Å². The fourth-order valence-corrected chi connectivity index (χ4v) is 6.82. The number of hydrogen-bond donors (Lipinski definition) is 3. The van der Waals surface area contributed by atoms with Crippen molar-refractivity contribution in [3.05, 3.63) is 71.7 Å². The molecule has 1 amide bonds. The Morgan fingerprint density at radius 2 is 2.05 bits per heavy atom. The summed E-state index contributed by atoms with van der Waals surface area (Å²) in [5.41, 5.74) is 4.91. The van der Waals surface area contributed by atoms with Gasteiger partial charge in [-0.15, -0.1) is 11.8 Å². The molecule has 8 nitrogen and oxygen atoms in total. The predicted octanol–water partition coefficient (Wildman–Crippen LogP) is 5.02. The number of rotatable bonds is 8. The molecule has 0 saturated carbocycles. The highest BCUT2D eigenvalue weighted by Crippen LogP contribution is 2.42. The minimum absolute atomic E-state index is 0.00319. The van der Waals surface area contributed by atoms with Crippen LogP contribution >= 0.6 is 11.8 Å². The van der Waals surface area contributed by atoms with Crippen molar-refractivity contribution in [2.45, 2.75) is 49.6 Å². The number of hydrogen-bond acceptors (Lipinski definition) is 8. The molecule has 9 heteroatoms. The van der Waals surface area contributed by atoms with Crippen molar-refractivity contribution in [1.82, 2.24) is 10.2 Å². The van der Waals surface area contributed by atoms with Crippen LogP contribution in [0.2, 0.25) is 0 Å². The molecule has 1 saturated heterocycles. The highest BCUT2D eigenvalue weighted by molar-refractivity contribution is 8.03. The van der Waals surface area contributed by atoms with E-state index in [1.165, 1.54) is 17.2 Å². The van der Waals surface area contributed by atoms with Gasteiger partial charge in [0.1, 0.15) is 5.75 Å².